The van der Waals surface area contributed by atoms with Gasteiger partial charge in [-0.15, -0.1) is 0 Å². The highest BCUT2D eigenvalue weighted by Crippen LogP contribution is 2.29. The zero-order chi connectivity index (χ0) is 34.5. The molecular weight excluding hydrogens is 613 g/mol. The third-order valence-corrected chi connectivity index (χ3v) is 9.91. The highest BCUT2D eigenvalue weighted by atomic mass is 16.2. The highest BCUT2D eigenvalue weighted by molar-refractivity contribution is 6.21. The van der Waals surface area contributed by atoms with E-state index in [4.69, 9.17) is 5.73 Å². The molecule has 254 valence electrons. The van der Waals surface area contributed by atoms with E-state index in [1.54, 1.807) is 12.1 Å². The number of imide groups is 1. The molecule has 2 N–H and O–H groups in total. The summed E-state index contributed by atoms with van der Waals surface area (Å²) in [7, 11) is 0. The summed E-state index contributed by atoms with van der Waals surface area (Å²) in [6.45, 7) is 0. The maximum atomic E-state index is 13.4. The fourth-order valence-corrected chi connectivity index (χ4v) is 7.05. The van der Waals surface area contributed by atoms with Crippen LogP contribution in [0.1, 0.15) is 89.6 Å². The average molecular weight is 661 g/mol. The fourth-order valence-electron chi connectivity index (χ4n) is 7.05. The summed E-state index contributed by atoms with van der Waals surface area (Å²) >= 11 is 0. The van der Waals surface area contributed by atoms with E-state index >= 15 is 0 Å². The Morgan fingerprint density at radius 3 is 1.62 bits per heavy atom. The Balaban J connectivity index is 0.971. The quantitative estimate of drug-likeness (QED) is 0.0797. The van der Waals surface area contributed by atoms with Crippen LogP contribution >= 0.6 is 0 Å². The van der Waals surface area contributed by atoms with Gasteiger partial charge in [-0.2, -0.15) is 0 Å². The molecule has 4 nitrogen and oxygen atoms in total. The van der Waals surface area contributed by atoms with Gasteiger partial charge >= 0.3 is 0 Å². The van der Waals surface area contributed by atoms with Gasteiger partial charge in [0.1, 0.15) is 0 Å². The summed E-state index contributed by atoms with van der Waals surface area (Å²) in [5.74, 6) is -0.411. The highest BCUT2D eigenvalue weighted by Gasteiger charge is 2.41. The van der Waals surface area contributed by atoms with E-state index in [0.717, 1.165) is 57.8 Å². The number of carbonyl (C=O) groups excluding carboxylic acids is 2. The molecule has 0 spiro atoms. The minimum absolute atomic E-state index is 0.205. The molecule has 5 aromatic carbocycles. The van der Waals surface area contributed by atoms with Gasteiger partial charge in [-0.25, -0.2) is 0 Å². The number of fused-ring (bicyclic) bond motifs is 1. The first-order valence-corrected chi connectivity index (χ1v) is 18.3. The van der Waals surface area contributed by atoms with E-state index in [2.05, 4.69) is 109 Å². The summed E-state index contributed by atoms with van der Waals surface area (Å²) in [6.07, 6.45) is 14.1. The number of rotatable bonds is 17. The maximum absolute atomic E-state index is 13.4. The third-order valence-electron chi connectivity index (χ3n) is 9.91. The third kappa shape index (κ3) is 8.94. The molecule has 0 fully saturated rings. The van der Waals surface area contributed by atoms with Crippen LogP contribution in [-0.4, -0.2) is 28.8 Å². The number of unbranched alkanes of at least 4 members (excludes halogenated alkanes) is 5. The molecule has 1 heterocycles. The monoisotopic (exact) mass is 660 g/mol. The summed E-state index contributed by atoms with van der Waals surface area (Å²) < 4.78 is 0. The van der Waals surface area contributed by atoms with Crippen molar-refractivity contribution in [3.63, 3.8) is 0 Å². The first-order chi connectivity index (χ1) is 24.6. The van der Waals surface area contributed by atoms with Crippen molar-refractivity contribution in [2.75, 3.05) is 0 Å². The lowest BCUT2D eigenvalue weighted by molar-refractivity contribution is 0.0544. The smallest absolute Gasteiger partial charge is 0.261 e. The van der Waals surface area contributed by atoms with Crippen LogP contribution in [0.4, 0.5) is 0 Å². The van der Waals surface area contributed by atoms with E-state index < -0.39 is 0 Å². The first-order valence-electron chi connectivity index (χ1n) is 18.3. The Labute approximate surface area is 297 Å². The Morgan fingerprint density at radius 1 is 0.520 bits per heavy atom. The predicted molar refractivity (Wildman–Crippen MR) is 207 cm³/mol. The lowest BCUT2D eigenvalue weighted by atomic mass is 9.94. The molecule has 0 aromatic heterocycles. The lowest BCUT2D eigenvalue weighted by Crippen LogP contribution is -2.50. The lowest BCUT2D eigenvalue weighted by Gasteiger charge is -2.31. The van der Waals surface area contributed by atoms with E-state index in [9.17, 15) is 9.59 Å². The van der Waals surface area contributed by atoms with Crippen LogP contribution < -0.4 is 5.73 Å². The number of hydrogen-bond acceptors (Lipinski definition) is 3. The molecule has 2 atom stereocenters. The molecule has 4 heteroatoms. The molecule has 0 saturated heterocycles. The van der Waals surface area contributed by atoms with Crippen molar-refractivity contribution < 1.29 is 9.59 Å². The molecule has 0 radical (unpaired) electrons. The minimum Gasteiger partial charge on any atom is -0.326 e. The van der Waals surface area contributed by atoms with Crippen LogP contribution in [0, 0.1) is 0 Å². The van der Waals surface area contributed by atoms with Crippen LogP contribution in [0.25, 0.3) is 28.3 Å². The zero-order valence-electron chi connectivity index (χ0n) is 28.9. The van der Waals surface area contributed by atoms with Crippen molar-refractivity contribution in [3.8, 4) is 22.3 Å². The molecule has 1 aliphatic rings. The molecule has 50 heavy (non-hydrogen) atoms. The predicted octanol–water partition coefficient (Wildman–Crippen LogP) is 10.8. The van der Waals surface area contributed by atoms with E-state index in [1.165, 1.54) is 38.3 Å². The van der Waals surface area contributed by atoms with Crippen molar-refractivity contribution >= 4 is 17.9 Å². The van der Waals surface area contributed by atoms with Crippen molar-refractivity contribution in [2.24, 2.45) is 5.73 Å². The summed E-state index contributed by atoms with van der Waals surface area (Å²) in [5.41, 5.74) is 15.3. The van der Waals surface area contributed by atoms with Gasteiger partial charge in [0.25, 0.3) is 11.8 Å². The van der Waals surface area contributed by atoms with Crippen molar-refractivity contribution in [1.29, 1.82) is 0 Å². The number of aryl methyl sites for hydroxylation is 1. The maximum Gasteiger partial charge on any atom is 0.261 e. The number of nitrogens with zero attached hydrogens (tertiary/aromatic N) is 1. The Bertz CT molecular complexity index is 1810. The fraction of sp³-hybridized carbons (Fsp3) is 0.261. The van der Waals surface area contributed by atoms with Crippen molar-refractivity contribution in [2.45, 2.75) is 76.3 Å². The van der Waals surface area contributed by atoms with Crippen LogP contribution in [0.3, 0.4) is 0 Å². The van der Waals surface area contributed by atoms with E-state index in [1.807, 2.05) is 24.3 Å². The molecule has 2 unspecified atom stereocenters. The van der Waals surface area contributed by atoms with Gasteiger partial charge in [0, 0.05) is 6.04 Å². The van der Waals surface area contributed by atoms with Gasteiger partial charge in [-0.3, -0.25) is 14.5 Å². The number of amides is 2. The van der Waals surface area contributed by atoms with Gasteiger partial charge in [0.2, 0.25) is 0 Å². The van der Waals surface area contributed by atoms with Gasteiger partial charge in [0.15, 0.2) is 0 Å². The second kappa shape index (κ2) is 17.6. The van der Waals surface area contributed by atoms with Gasteiger partial charge in [-0.1, -0.05) is 159 Å². The van der Waals surface area contributed by atoms with Gasteiger partial charge in [0.05, 0.1) is 17.2 Å². The second-order valence-electron chi connectivity index (χ2n) is 13.4. The Kier molecular flexibility index (Phi) is 12.2. The van der Waals surface area contributed by atoms with Crippen LogP contribution in [-0.2, 0) is 6.42 Å². The number of nitrogens with two attached hydrogens (primary N) is 1. The number of hydrogen-bond donors (Lipinski definition) is 1. The number of allylic oxidation sites excluding steroid dienone is 1. The first kappa shape index (κ1) is 34.8. The number of benzene rings is 5. The molecule has 0 bridgehead atoms. The second-order valence-corrected chi connectivity index (χ2v) is 13.4. The molecule has 1 aliphatic heterocycles. The van der Waals surface area contributed by atoms with Gasteiger partial charge < -0.3 is 5.73 Å². The van der Waals surface area contributed by atoms with Crippen LogP contribution in [0.15, 0.2) is 140 Å². The van der Waals surface area contributed by atoms with Crippen LogP contribution in [0.5, 0.6) is 0 Å². The van der Waals surface area contributed by atoms with Crippen LogP contribution in [0.2, 0.25) is 0 Å². The van der Waals surface area contributed by atoms with Crippen molar-refractivity contribution in [3.05, 3.63) is 162 Å². The zero-order valence-corrected chi connectivity index (χ0v) is 28.9. The SMILES string of the molecule is NC(CCCCCCc1ccc(-c2ccccc2)cc1)C(CCCCC=Cc1ccc(-c2ccccc2)cc1)N1C(=O)c2ccccc2C1=O. The van der Waals surface area contributed by atoms with E-state index in [0.29, 0.717) is 17.5 Å². The molecular formula is C46H48N2O2. The molecule has 0 aliphatic carbocycles. The van der Waals surface area contributed by atoms with Gasteiger partial charge in [-0.05, 0) is 84.0 Å². The van der Waals surface area contributed by atoms with E-state index in [-0.39, 0.29) is 23.9 Å². The standard InChI is InChI=1S/C46H48N2O2/c47-43(25-13-3-1-7-17-35-27-31-39(32-28-35)37-19-9-5-10-20-37)44(48-45(49)41-23-15-16-24-42(41)46(48)50)26-14-4-2-8-18-36-29-33-40(34-30-36)38-21-11-6-12-22-38/h5-6,8-12,15-16,18-24,27-34,43-44H,1-4,7,13-14,17,25-26,47H2. The molecule has 5 aromatic rings. The average Bonchev–Trinajstić information content (AvgIpc) is 3.42. The summed E-state index contributed by atoms with van der Waals surface area (Å²) in [4.78, 5) is 28.4. The Hall–Kier alpha value is -5.06. The number of carbonyl (C=O) groups is 2. The summed E-state index contributed by atoms with van der Waals surface area (Å²) in [6, 6.07) is 45.0. The topological polar surface area (TPSA) is 63.4 Å². The minimum atomic E-state index is -0.306. The van der Waals surface area contributed by atoms with Crippen molar-refractivity contribution in [1.82, 2.24) is 4.90 Å². The normalized spacial score (nSPS) is 13.9. The Morgan fingerprint density at radius 2 is 1.02 bits per heavy atom. The summed E-state index contributed by atoms with van der Waals surface area (Å²) in [5, 5.41) is 0. The molecule has 6 rings (SSSR count). The molecule has 0 saturated carbocycles. The molecule has 2 amide bonds. The largest absolute Gasteiger partial charge is 0.326 e.